The number of carbonyl (C=O) groups excluding carboxylic acids is 1. The van der Waals surface area contributed by atoms with E-state index in [4.69, 9.17) is 5.73 Å². The van der Waals surface area contributed by atoms with Crippen LogP contribution in [-0.4, -0.2) is 59.7 Å². The van der Waals surface area contributed by atoms with Gasteiger partial charge < -0.3 is 10.6 Å². The molecule has 22 heavy (non-hydrogen) atoms. The number of rotatable bonds is 4. The van der Waals surface area contributed by atoms with Crippen molar-refractivity contribution in [3.05, 3.63) is 34.9 Å². The molecule has 2 N–H and O–H groups in total. The minimum atomic E-state index is 0.0899. The van der Waals surface area contributed by atoms with Gasteiger partial charge in [-0.3, -0.25) is 9.69 Å². The SMILES string of the molecule is Cc1cccc(C(=O)N2CCN(CC(N)CS)C(C)C2)c1C. The van der Waals surface area contributed by atoms with Gasteiger partial charge >= 0.3 is 0 Å². The minimum Gasteiger partial charge on any atom is -0.336 e. The molecule has 1 amide bonds. The van der Waals surface area contributed by atoms with Gasteiger partial charge in [0.05, 0.1) is 0 Å². The fraction of sp³-hybridized carbons (Fsp3) is 0.588. The molecule has 1 saturated heterocycles. The van der Waals surface area contributed by atoms with E-state index in [1.165, 1.54) is 0 Å². The summed E-state index contributed by atoms with van der Waals surface area (Å²) in [6.07, 6.45) is 0. The van der Waals surface area contributed by atoms with Crippen molar-refractivity contribution in [3.63, 3.8) is 0 Å². The molecule has 0 spiro atoms. The lowest BCUT2D eigenvalue weighted by molar-refractivity contribution is 0.0505. The predicted molar refractivity (Wildman–Crippen MR) is 94.7 cm³/mol. The van der Waals surface area contributed by atoms with Crippen LogP contribution in [0.5, 0.6) is 0 Å². The molecule has 1 aromatic carbocycles. The molecule has 1 fully saturated rings. The van der Waals surface area contributed by atoms with Crippen molar-refractivity contribution in [1.29, 1.82) is 0 Å². The second-order valence-electron chi connectivity index (χ2n) is 6.29. The van der Waals surface area contributed by atoms with Crippen LogP contribution in [0.25, 0.3) is 0 Å². The molecule has 0 aliphatic carbocycles. The molecule has 2 unspecified atom stereocenters. The lowest BCUT2D eigenvalue weighted by Gasteiger charge is -2.41. The molecule has 0 radical (unpaired) electrons. The molecule has 5 heteroatoms. The highest BCUT2D eigenvalue weighted by atomic mass is 32.1. The molecule has 1 heterocycles. The quantitative estimate of drug-likeness (QED) is 0.830. The predicted octanol–water partition coefficient (Wildman–Crippen LogP) is 1.71. The third-order valence-electron chi connectivity index (χ3n) is 4.59. The Morgan fingerprint density at radius 1 is 1.41 bits per heavy atom. The molecule has 0 saturated carbocycles. The molecule has 122 valence electrons. The van der Waals surface area contributed by atoms with Crippen molar-refractivity contribution in [1.82, 2.24) is 9.80 Å². The number of piperazine rings is 1. The monoisotopic (exact) mass is 321 g/mol. The molecule has 2 rings (SSSR count). The summed E-state index contributed by atoms with van der Waals surface area (Å²) in [5, 5.41) is 0. The van der Waals surface area contributed by atoms with Gasteiger partial charge in [-0.05, 0) is 38.0 Å². The van der Waals surface area contributed by atoms with E-state index in [2.05, 4.69) is 24.5 Å². The number of hydrogen-bond acceptors (Lipinski definition) is 4. The third kappa shape index (κ3) is 3.83. The van der Waals surface area contributed by atoms with Gasteiger partial charge in [0.15, 0.2) is 0 Å². The van der Waals surface area contributed by atoms with E-state index in [1.54, 1.807) is 0 Å². The number of amides is 1. The fourth-order valence-electron chi connectivity index (χ4n) is 2.96. The first-order valence-corrected chi connectivity index (χ1v) is 8.53. The number of thiol groups is 1. The zero-order chi connectivity index (χ0) is 16.3. The summed E-state index contributed by atoms with van der Waals surface area (Å²) in [6.45, 7) is 9.46. The summed E-state index contributed by atoms with van der Waals surface area (Å²) in [6, 6.07) is 6.35. The van der Waals surface area contributed by atoms with Crippen LogP contribution in [0.3, 0.4) is 0 Å². The molecule has 1 aliphatic rings. The van der Waals surface area contributed by atoms with Crippen molar-refractivity contribution in [3.8, 4) is 0 Å². The maximum Gasteiger partial charge on any atom is 0.254 e. The fourth-order valence-corrected chi connectivity index (χ4v) is 3.08. The molecule has 1 aliphatic heterocycles. The van der Waals surface area contributed by atoms with Gasteiger partial charge in [-0.2, -0.15) is 12.6 Å². The molecule has 4 nitrogen and oxygen atoms in total. The second-order valence-corrected chi connectivity index (χ2v) is 6.65. The van der Waals surface area contributed by atoms with E-state index < -0.39 is 0 Å². The zero-order valence-electron chi connectivity index (χ0n) is 13.7. The maximum absolute atomic E-state index is 12.8. The first kappa shape index (κ1) is 17.3. The van der Waals surface area contributed by atoms with Crippen LogP contribution < -0.4 is 5.73 Å². The van der Waals surface area contributed by atoms with E-state index in [0.29, 0.717) is 11.8 Å². The van der Waals surface area contributed by atoms with Crippen LogP contribution in [0.2, 0.25) is 0 Å². The summed E-state index contributed by atoms with van der Waals surface area (Å²) in [7, 11) is 0. The number of nitrogens with two attached hydrogens (primary N) is 1. The van der Waals surface area contributed by atoms with Crippen molar-refractivity contribution in [2.75, 3.05) is 31.9 Å². The Kier molecular flexibility index (Phi) is 5.89. The van der Waals surface area contributed by atoms with Gasteiger partial charge in [0.2, 0.25) is 0 Å². The van der Waals surface area contributed by atoms with Crippen molar-refractivity contribution < 1.29 is 4.79 Å². The summed E-state index contributed by atoms with van der Waals surface area (Å²) in [5.74, 6) is 0.833. The number of aryl methyl sites for hydroxylation is 1. The number of carbonyl (C=O) groups is 1. The lowest BCUT2D eigenvalue weighted by Crippen LogP contribution is -2.56. The Labute approximate surface area is 139 Å². The van der Waals surface area contributed by atoms with Crippen LogP contribution in [0.4, 0.5) is 0 Å². The van der Waals surface area contributed by atoms with Crippen LogP contribution in [-0.2, 0) is 0 Å². The van der Waals surface area contributed by atoms with Crippen molar-refractivity contribution in [2.24, 2.45) is 5.73 Å². The average Bonchev–Trinajstić information content (AvgIpc) is 2.51. The largest absolute Gasteiger partial charge is 0.336 e. The van der Waals surface area contributed by atoms with Gasteiger partial charge in [-0.25, -0.2) is 0 Å². The van der Waals surface area contributed by atoms with E-state index in [9.17, 15) is 4.79 Å². The Hall–Kier alpha value is -1.04. The Morgan fingerprint density at radius 3 is 2.77 bits per heavy atom. The maximum atomic E-state index is 12.8. The van der Waals surface area contributed by atoms with E-state index in [-0.39, 0.29) is 11.9 Å². The van der Waals surface area contributed by atoms with Gasteiger partial charge in [0, 0.05) is 49.6 Å². The minimum absolute atomic E-state index is 0.0899. The normalized spacial score (nSPS) is 21.0. The highest BCUT2D eigenvalue weighted by Crippen LogP contribution is 2.18. The highest BCUT2D eigenvalue weighted by molar-refractivity contribution is 7.80. The Balaban J connectivity index is 2.03. The number of nitrogens with zero attached hydrogens (tertiary/aromatic N) is 2. The smallest absolute Gasteiger partial charge is 0.254 e. The lowest BCUT2D eigenvalue weighted by atomic mass is 10.0. The summed E-state index contributed by atoms with van der Waals surface area (Å²) < 4.78 is 0. The first-order chi connectivity index (χ1) is 10.4. The molecular formula is C17H27N3OS. The standard InChI is InChI=1S/C17H27N3OS/c1-12-5-4-6-16(14(12)3)17(21)20-8-7-19(13(2)9-20)10-15(18)11-22/h4-6,13,15,22H,7-11,18H2,1-3H3. The van der Waals surface area contributed by atoms with Gasteiger partial charge in [-0.15, -0.1) is 0 Å². The number of hydrogen-bond donors (Lipinski definition) is 2. The van der Waals surface area contributed by atoms with E-state index in [1.807, 2.05) is 36.9 Å². The topological polar surface area (TPSA) is 49.6 Å². The van der Waals surface area contributed by atoms with Crippen LogP contribution in [0.15, 0.2) is 18.2 Å². The summed E-state index contributed by atoms with van der Waals surface area (Å²) >= 11 is 4.25. The third-order valence-corrected chi connectivity index (χ3v) is 5.06. The van der Waals surface area contributed by atoms with Crippen LogP contribution >= 0.6 is 12.6 Å². The van der Waals surface area contributed by atoms with Crippen LogP contribution in [0.1, 0.15) is 28.4 Å². The molecule has 1 aromatic rings. The highest BCUT2D eigenvalue weighted by Gasteiger charge is 2.28. The molecule has 0 bridgehead atoms. The summed E-state index contributed by atoms with van der Waals surface area (Å²) in [4.78, 5) is 17.1. The van der Waals surface area contributed by atoms with Gasteiger partial charge in [0.25, 0.3) is 5.91 Å². The van der Waals surface area contributed by atoms with Crippen molar-refractivity contribution in [2.45, 2.75) is 32.9 Å². The molecular weight excluding hydrogens is 294 g/mol. The van der Waals surface area contributed by atoms with Gasteiger partial charge in [0.1, 0.15) is 0 Å². The Bertz CT molecular complexity index is 535. The molecule has 0 aromatic heterocycles. The first-order valence-electron chi connectivity index (χ1n) is 7.90. The van der Waals surface area contributed by atoms with E-state index >= 15 is 0 Å². The zero-order valence-corrected chi connectivity index (χ0v) is 14.6. The summed E-state index contributed by atoms with van der Waals surface area (Å²) in [5.41, 5.74) is 9.06. The number of benzene rings is 1. The van der Waals surface area contributed by atoms with Gasteiger partial charge in [-0.1, -0.05) is 12.1 Å². The molecule has 2 atom stereocenters. The Morgan fingerprint density at radius 2 is 2.14 bits per heavy atom. The average molecular weight is 321 g/mol. The van der Waals surface area contributed by atoms with E-state index in [0.717, 1.165) is 42.9 Å². The second kappa shape index (κ2) is 7.49. The van der Waals surface area contributed by atoms with Crippen LogP contribution in [0, 0.1) is 13.8 Å². The van der Waals surface area contributed by atoms with Crippen molar-refractivity contribution >= 4 is 18.5 Å².